The number of hydrogen-bond acceptors (Lipinski definition) is 3. The van der Waals surface area contributed by atoms with Gasteiger partial charge in [-0.3, -0.25) is 9.58 Å². The Balaban J connectivity index is 2.23. The second-order valence-electron chi connectivity index (χ2n) is 5.99. The van der Waals surface area contributed by atoms with Crippen molar-refractivity contribution in [3.63, 3.8) is 0 Å². The van der Waals surface area contributed by atoms with Gasteiger partial charge in [0.2, 0.25) is 0 Å². The van der Waals surface area contributed by atoms with Gasteiger partial charge in [-0.15, -0.1) is 0 Å². The maximum atomic E-state index is 6.44. The van der Waals surface area contributed by atoms with Gasteiger partial charge in [0.1, 0.15) is 0 Å². The van der Waals surface area contributed by atoms with Crippen LogP contribution in [-0.4, -0.2) is 33.8 Å². The average Bonchev–Trinajstić information content (AvgIpc) is 2.77. The molecule has 2 unspecified atom stereocenters. The van der Waals surface area contributed by atoms with E-state index in [2.05, 4.69) is 37.0 Å². The predicted octanol–water partition coefficient (Wildman–Crippen LogP) is 2.73. The second-order valence-corrected chi connectivity index (χ2v) is 5.99. The molecule has 1 aliphatic rings. The molecule has 1 aromatic heterocycles. The van der Waals surface area contributed by atoms with Crippen LogP contribution in [0.1, 0.15) is 64.1 Å². The number of aromatic nitrogens is 2. The molecule has 2 N–H and O–H groups in total. The molecular formula is C15H28N4. The van der Waals surface area contributed by atoms with Crippen molar-refractivity contribution in [2.45, 2.75) is 64.6 Å². The first-order chi connectivity index (χ1) is 9.13. The summed E-state index contributed by atoms with van der Waals surface area (Å²) in [5, 5.41) is 4.48. The molecule has 0 saturated carbocycles. The third-order valence-electron chi connectivity index (χ3n) is 4.03. The molecule has 108 valence electrons. The van der Waals surface area contributed by atoms with Crippen LogP contribution in [0, 0.1) is 0 Å². The molecule has 1 saturated heterocycles. The summed E-state index contributed by atoms with van der Waals surface area (Å²) in [6, 6.07) is 0.990. The molecule has 2 heterocycles. The Kier molecular flexibility index (Phi) is 4.99. The highest BCUT2D eigenvalue weighted by Gasteiger charge is 2.29. The first-order valence-electron chi connectivity index (χ1n) is 7.67. The van der Waals surface area contributed by atoms with Gasteiger partial charge in [-0.25, -0.2) is 0 Å². The van der Waals surface area contributed by atoms with E-state index in [9.17, 15) is 0 Å². The van der Waals surface area contributed by atoms with E-state index in [4.69, 9.17) is 5.73 Å². The van der Waals surface area contributed by atoms with Gasteiger partial charge >= 0.3 is 0 Å². The third kappa shape index (κ3) is 3.37. The minimum absolute atomic E-state index is 0.235. The van der Waals surface area contributed by atoms with E-state index in [0.717, 1.165) is 13.0 Å². The number of nitrogens with two attached hydrogens (primary N) is 1. The number of rotatable bonds is 4. The average molecular weight is 264 g/mol. The highest BCUT2D eigenvalue weighted by atomic mass is 15.3. The quantitative estimate of drug-likeness (QED) is 0.909. The standard InChI is InChI=1S/C15H28N4/c1-4-8-18-9-6-5-7-14(16)15(18)13-10-17-19(11-13)12(2)3/h10-12,14-15H,4-9,16H2,1-3H3. The Hall–Kier alpha value is -0.870. The fourth-order valence-electron chi connectivity index (χ4n) is 3.05. The highest BCUT2D eigenvalue weighted by molar-refractivity contribution is 5.14. The van der Waals surface area contributed by atoms with Crippen LogP contribution in [0.4, 0.5) is 0 Å². The molecule has 1 aromatic rings. The zero-order chi connectivity index (χ0) is 13.8. The van der Waals surface area contributed by atoms with Gasteiger partial charge in [0.25, 0.3) is 0 Å². The fraction of sp³-hybridized carbons (Fsp3) is 0.800. The fourth-order valence-corrected chi connectivity index (χ4v) is 3.05. The summed E-state index contributed by atoms with van der Waals surface area (Å²) < 4.78 is 2.04. The normalized spacial score (nSPS) is 25.7. The van der Waals surface area contributed by atoms with Crippen molar-refractivity contribution >= 4 is 0 Å². The van der Waals surface area contributed by atoms with Crippen LogP contribution in [0.25, 0.3) is 0 Å². The van der Waals surface area contributed by atoms with Crippen molar-refractivity contribution in [3.05, 3.63) is 18.0 Å². The Labute approximate surface area is 117 Å². The lowest BCUT2D eigenvalue weighted by Gasteiger charge is -2.32. The lowest BCUT2D eigenvalue weighted by molar-refractivity contribution is 0.185. The summed E-state index contributed by atoms with van der Waals surface area (Å²) in [6.45, 7) is 8.86. The molecule has 2 rings (SSSR count). The summed E-state index contributed by atoms with van der Waals surface area (Å²) in [5.41, 5.74) is 7.73. The maximum absolute atomic E-state index is 6.44. The summed E-state index contributed by atoms with van der Waals surface area (Å²) in [7, 11) is 0. The summed E-state index contributed by atoms with van der Waals surface area (Å²) >= 11 is 0. The van der Waals surface area contributed by atoms with Crippen molar-refractivity contribution in [1.29, 1.82) is 0 Å². The summed E-state index contributed by atoms with van der Waals surface area (Å²) in [5.74, 6) is 0. The maximum Gasteiger partial charge on any atom is 0.0538 e. The molecule has 0 aromatic carbocycles. The molecule has 1 aliphatic heterocycles. The molecule has 2 atom stereocenters. The van der Waals surface area contributed by atoms with E-state index >= 15 is 0 Å². The van der Waals surface area contributed by atoms with Crippen LogP contribution < -0.4 is 5.73 Å². The van der Waals surface area contributed by atoms with E-state index in [-0.39, 0.29) is 6.04 Å². The first kappa shape index (κ1) is 14.5. The lowest BCUT2D eigenvalue weighted by Crippen LogP contribution is -2.40. The highest BCUT2D eigenvalue weighted by Crippen LogP contribution is 2.29. The summed E-state index contributed by atoms with van der Waals surface area (Å²) in [4.78, 5) is 2.55. The third-order valence-corrected chi connectivity index (χ3v) is 4.03. The van der Waals surface area contributed by atoms with Gasteiger partial charge in [0.15, 0.2) is 0 Å². The molecule has 1 fully saturated rings. The molecule has 4 nitrogen and oxygen atoms in total. The Morgan fingerprint density at radius 3 is 2.84 bits per heavy atom. The van der Waals surface area contributed by atoms with Crippen LogP contribution in [0.15, 0.2) is 12.4 Å². The van der Waals surface area contributed by atoms with E-state index in [1.807, 2.05) is 10.9 Å². The minimum atomic E-state index is 0.235. The van der Waals surface area contributed by atoms with Crippen molar-refractivity contribution in [2.24, 2.45) is 5.73 Å². The minimum Gasteiger partial charge on any atom is -0.326 e. The largest absolute Gasteiger partial charge is 0.326 e. The summed E-state index contributed by atoms with van der Waals surface area (Å²) in [6.07, 6.45) is 9.01. The molecule has 0 radical (unpaired) electrons. The Morgan fingerprint density at radius 2 is 2.21 bits per heavy atom. The molecule has 0 amide bonds. The van der Waals surface area contributed by atoms with Crippen LogP contribution in [0.3, 0.4) is 0 Å². The van der Waals surface area contributed by atoms with Gasteiger partial charge in [-0.05, 0) is 46.2 Å². The van der Waals surface area contributed by atoms with Crippen LogP contribution in [0.5, 0.6) is 0 Å². The predicted molar refractivity (Wildman–Crippen MR) is 79.0 cm³/mol. The van der Waals surface area contributed by atoms with Gasteiger partial charge in [-0.2, -0.15) is 5.10 Å². The number of nitrogens with zero attached hydrogens (tertiary/aromatic N) is 3. The zero-order valence-corrected chi connectivity index (χ0v) is 12.5. The van der Waals surface area contributed by atoms with Crippen LogP contribution in [-0.2, 0) is 0 Å². The van der Waals surface area contributed by atoms with Gasteiger partial charge < -0.3 is 5.73 Å². The zero-order valence-electron chi connectivity index (χ0n) is 12.5. The van der Waals surface area contributed by atoms with E-state index < -0.39 is 0 Å². The van der Waals surface area contributed by atoms with E-state index in [1.165, 1.54) is 31.4 Å². The molecule has 4 heteroatoms. The van der Waals surface area contributed by atoms with E-state index in [1.54, 1.807) is 0 Å². The molecule has 19 heavy (non-hydrogen) atoms. The molecule has 0 spiro atoms. The Bertz CT molecular complexity index is 385. The topological polar surface area (TPSA) is 47.1 Å². The number of hydrogen-bond donors (Lipinski definition) is 1. The number of likely N-dealkylation sites (tertiary alicyclic amines) is 1. The van der Waals surface area contributed by atoms with Crippen molar-refractivity contribution in [3.8, 4) is 0 Å². The van der Waals surface area contributed by atoms with Crippen molar-refractivity contribution in [1.82, 2.24) is 14.7 Å². The van der Waals surface area contributed by atoms with Gasteiger partial charge in [-0.1, -0.05) is 13.3 Å². The monoisotopic (exact) mass is 264 g/mol. The smallest absolute Gasteiger partial charge is 0.0538 e. The molecule has 0 aliphatic carbocycles. The first-order valence-corrected chi connectivity index (χ1v) is 7.67. The van der Waals surface area contributed by atoms with Crippen molar-refractivity contribution < 1.29 is 0 Å². The van der Waals surface area contributed by atoms with Gasteiger partial charge in [0.05, 0.1) is 12.2 Å². The van der Waals surface area contributed by atoms with E-state index in [0.29, 0.717) is 12.1 Å². The molecular weight excluding hydrogens is 236 g/mol. The van der Waals surface area contributed by atoms with Gasteiger partial charge in [0, 0.05) is 23.8 Å². The SMILES string of the molecule is CCCN1CCCCC(N)C1c1cnn(C(C)C)c1. The van der Waals surface area contributed by atoms with Crippen LogP contribution in [0.2, 0.25) is 0 Å². The second kappa shape index (κ2) is 6.53. The lowest BCUT2D eigenvalue weighted by atomic mass is 9.99. The molecule has 0 bridgehead atoms. The van der Waals surface area contributed by atoms with Crippen LogP contribution >= 0.6 is 0 Å². The Morgan fingerprint density at radius 1 is 1.42 bits per heavy atom. The van der Waals surface area contributed by atoms with Crippen molar-refractivity contribution in [2.75, 3.05) is 13.1 Å².